The van der Waals surface area contributed by atoms with Gasteiger partial charge in [0.15, 0.2) is 0 Å². The lowest BCUT2D eigenvalue weighted by atomic mass is 10.0. The summed E-state index contributed by atoms with van der Waals surface area (Å²) in [4.78, 5) is 30.3. The van der Waals surface area contributed by atoms with Gasteiger partial charge in [0.05, 0.1) is 23.8 Å². The molecule has 1 aliphatic heterocycles. The Morgan fingerprint density at radius 2 is 1.94 bits per heavy atom. The van der Waals surface area contributed by atoms with E-state index in [-0.39, 0.29) is 49.9 Å². The van der Waals surface area contributed by atoms with Gasteiger partial charge in [0.1, 0.15) is 5.82 Å². The van der Waals surface area contributed by atoms with E-state index in [4.69, 9.17) is 4.74 Å². The van der Waals surface area contributed by atoms with E-state index in [1.54, 1.807) is 28.0 Å². The minimum absolute atomic E-state index is 0.0266. The van der Waals surface area contributed by atoms with E-state index in [0.717, 1.165) is 4.31 Å². The number of carbonyl (C=O) groups is 2. The average molecular weight is 526 g/mol. The van der Waals surface area contributed by atoms with Crippen molar-refractivity contribution in [3.05, 3.63) is 58.0 Å². The van der Waals surface area contributed by atoms with Gasteiger partial charge in [-0.3, -0.25) is 9.59 Å². The Morgan fingerprint density at radius 3 is 2.54 bits per heavy atom. The number of hydrogen-bond donors (Lipinski definition) is 0. The minimum Gasteiger partial charge on any atom is -0.383 e. The number of likely N-dealkylation sites (tertiary alicyclic amines) is 1. The van der Waals surface area contributed by atoms with Gasteiger partial charge in [-0.2, -0.15) is 4.31 Å². The highest BCUT2D eigenvalue weighted by atomic mass is 32.2. The lowest BCUT2D eigenvalue weighted by Crippen LogP contribution is -2.51. The summed E-state index contributed by atoms with van der Waals surface area (Å²) >= 11 is 1.39. The second-order valence-corrected chi connectivity index (χ2v) is 11.6. The van der Waals surface area contributed by atoms with Crippen LogP contribution in [0.5, 0.6) is 0 Å². The van der Waals surface area contributed by atoms with Gasteiger partial charge in [0.25, 0.3) is 5.91 Å². The highest BCUT2D eigenvalue weighted by Crippen LogP contribution is 2.23. The molecule has 1 fully saturated rings. The quantitative estimate of drug-likeness (QED) is 0.450. The number of sulfonamides is 1. The molecule has 3 rings (SSSR count). The van der Waals surface area contributed by atoms with Crippen molar-refractivity contribution in [2.24, 2.45) is 0 Å². The molecule has 0 spiro atoms. The van der Waals surface area contributed by atoms with E-state index in [9.17, 15) is 22.4 Å². The van der Waals surface area contributed by atoms with Crippen molar-refractivity contribution < 1.29 is 27.1 Å². The van der Waals surface area contributed by atoms with Crippen molar-refractivity contribution in [1.29, 1.82) is 0 Å². The summed E-state index contributed by atoms with van der Waals surface area (Å²) in [5.74, 6) is -0.912. The molecule has 8 nitrogen and oxygen atoms in total. The van der Waals surface area contributed by atoms with Crippen LogP contribution in [0.25, 0.3) is 0 Å². The van der Waals surface area contributed by atoms with Crippen LogP contribution < -0.4 is 0 Å². The summed E-state index contributed by atoms with van der Waals surface area (Å²) in [7, 11) is -2.15. The fraction of sp³-hybridized carbons (Fsp3) is 0.500. The largest absolute Gasteiger partial charge is 0.383 e. The van der Waals surface area contributed by atoms with Gasteiger partial charge in [0.2, 0.25) is 15.9 Å². The number of amides is 2. The Bertz CT molecular complexity index is 1090. The maximum atomic E-state index is 13.8. The molecule has 192 valence electrons. The summed E-state index contributed by atoms with van der Waals surface area (Å²) in [5, 5.41) is 1.86. The standard InChI is InChI=1S/C24H32FN3O5S2/c1-3-35(31,32)27(13-14-33-2)18-23(29)28(17-19-6-4-7-20(25)16-19)21-9-11-26(12-10-21)24(30)22-8-5-15-34-22/h4-8,15-16,21H,3,9-14,17-18H2,1-2H3. The van der Waals surface area contributed by atoms with E-state index in [1.165, 1.54) is 37.5 Å². The smallest absolute Gasteiger partial charge is 0.263 e. The van der Waals surface area contributed by atoms with Gasteiger partial charge in [-0.1, -0.05) is 18.2 Å². The molecule has 2 heterocycles. The molecule has 2 aromatic rings. The van der Waals surface area contributed by atoms with Crippen molar-refractivity contribution in [2.45, 2.75) is 32.4 Å². The van der Waals surface area contributed by atoms with Crippen molar-refractivity contribution in [3.63, 3.8) is 0 Å². The number of piperidine rings is 1. The van der Waals surface area contributed by atoms with Crippen LogP contribution in [0.15, 0.2) is 41.8 Å². The molecule has 1 aliphatic rings. The van der Waals surface area contributed by atoms with Crippen molar-refractivity contribution in [3.8, 4) is 0 Å². The molecule has 0 atom stereocenters. The predicted molar refractivity (Wildman–Crippen MR) is 133 cm³/mol. The maximum absolute atomic E-state index is 13.8. The Labute approximate surface area is 210 Å². The molecule has 1 aromatic carbocycles. The third-order valence-electron chi connectivity index (χ3n) is 6.10. The van der Waals surface area contributed by atoms with Crippen LogP contribution in [0.3, 0.4) is 0 Å². The van der Waals surface area contributed by atoms with Gasteiger partial charge in [-0.05, 0) is 48.9 Å². The molecule has 1 aromatic heterocycles. The normalized spacial score (nSPS) is 14.9. The van der Waals surface area contributed by atoms with Gasteiger partial charge < -0.3 is 14.5 Å². The van der Waals surface area contributed by atoms with Gasteiger partial charge in [-0.25, -0.2) is 12.8 Å². The molecule has 11 heteroatoms. The van der Waals surface area contributed by atoms with Crippen LogP contribution in [0, 0.1) is 5.82 Å². The fourth-order valence-electron chi connectivity index (χ4n) is 4.12. The van der Waals surface area contributed by atoms with Gasteiger partial charge >= 0.3 is 0 Å². The zero-order valence-electron chi connectivity index (χ0n) is 20.1. The Hall–Kier alpha value is -2.34. The molecule has 0 N–H and O–H groups in total. The average Bonchev–Trinajstić information content (AvgIpc) is 3.39. The molecule has 0 bridgehead atoms. The van der Waals surface area contributed by atoms with Crippen LogP contribution in [0.4, 0.5) is 4.39 Å². The molecule has 0 saturated carbocycles. The third kappa shape index (κ3) is 7.33. The first kappa shape index (κ1) is 27.3. The zero-order chi connectivity index (χ0) is 25.4. The van der Waals surface area contributed by atoms with Crippen LogP contribution in [0.1, 0.15) is 35.0 Å². The number of hydrogen-bond acceptors (Lipinski definition) is 6. The number of thiophene rings is 1. The fourth-order valence-corrected chi connectivity index (χ4v) is 5.84. The molecular weight excluding hydrogens is 493 g/mol. The summed E-state index contributed by atoms with van der Waals surface area (Å²) < 4.78 is 45.2. The van der Waals surface area contributed by atoms with E-state index < -0.39 is 15.8 Å². The predicted octanol–water partition coefficient (Wildman–Crippen LogP) is 2.82. The zero-order valence-corrected chi connectivity index (χ0v) is 21.7. The summed E-state index contributed by atoms with van der Waals surface area (Å²) in [5.41, 5.74) is 0.622. The topological polar surface area (TPSA) is 87.2 Å². The molecule has 2 amide bonds. The second kappa shape index (κ2) is 12.6. The Morgan fingerprint density at radius 1 is 1.20 bits per heavy atom. The molecular formula is C24H32FN3O5S2. The van der Waals surface area contributed by atoms with E-state index in [1.807, 2.05) is 11.4 Å². The molecule has 0 aliphatic carbocycles. The third-order valence-corrected chi connectivity index (χ3v) is 8.79. The van der Waals surface area contributed by atoms with Crippen molar-refractivity contribution in [1.82, 2.24) is 14.1 Å². The Balaban J connectivity index is 1.77. The molecule has 1 saturated heterocycles. The minimum atomic E-state index is -3.62. The first-order valence-corrected chi connectivity index (χ1v) is 14.1. The van der Waals surface area contributed by atoms with E-state index in [0.29, 0.717) is 36.4 Å². The van der Waals surface area contributed by atoms with Crippen LogP contribution in [-0.2, 0) is 26.1 Å². The number of halogens is 1. The number of ether oxygens (including phenoxy) is 1. The van der Waals surface area contributed by atoms with Crippen molar-refractivity contribution in [2.75, 3.05) is 45.6 Å². The van der Waals surface area contributed by atoms with Crippen LogP contribution in [-0.4, -0.2) is 86.0 Å². The highest BCUT2D eigenvalue weighted by Gasteiger charge is 2.32. The molecule has 0 radical (unpaired) electrons. The lowest BCUT2D eigenvalue weighted by molar-refractivity contribution is -0.135. The van der Waals surface area contributed by atoms with Crippen LogP contribution in [0.2, 0.25) is 0 Å². The SMILES string of the molecule is CCS(=O)(=O)N(CCOC)CC(=O)N(Cc1cccc(F)c1)C1CCN(C(=O)c2cccs2)CC1. The van der Waals surface area contributed by atoms with Crippen molar-refractivity contribution >= 4 is 33.2 Å². The van der Waals surface area contributed by atoms with Crippen LogP contribution >= 0.6 is 11.3 Å². The summed E-state index contributed by atoms with van der Waals surface area (Å²) in [6.45, 7) is 2.57. The summed E-state index contributed by atoms with van der Waals surface area (Å²) in [6, 6.07) is 9.47. The number of nitrogens with zero attached hydrogens (tertiary/aromatic N) is 3. The number of rotatable bonds is 11. The number of methoxy groups -OCH3 is 1. The maximum Gasteiger partial charge on any atom is 0.263 e. The number of benzene rings is 1. The van der Waals surface area contributed by atoms with Gasteiger partial charge in [0, 0.05) is 39.3 Å². The molecule has 0 unspecified atom stereocenters. The molecule has 35 heavy (non-hydrogen) atoms. The van der Waals surface area contributed by atoms with E-state index >= 15 is 0 Å². The number of carbonyl (C=O) groups excluding carboxylic acids is 2. The first-order chi connectivity index (χ1) is 16.7. The van der Waals surface area contributed by atoms with E-state index in [2.05, 4.69) is 0 Å². The summed E-state index contributed by atoms with van der Waals surface area (Å²) in [6.07, 6.45) is 1.10. The Kier molecular flexibility index (Phi) is 9.79. The highest BCUT2D eigenvalue weighted by molar-refractivity contribution is 7.89. The second-order valence-electron chi connectivity index (χ2n) is 8.38. The monoisotopic (exact) mass is 525 g/mol. The first-order valence-electron chi connectivity index (χ1n) is 11.6. The van der Waals surface area contributed by atoms with Gasteiger partial charge in [-0.15, -0.1) is 11.3 Å². The lowest BCUT2D eigenvalue weighted by Gasteiger charge is -2.39.